The molecule has 0 radical (unpaired) electrons. The topological polar surface area (TPSA) is 101 Å². The van der Waals surface area contributed by atoms with E-state index in [1.165, 1.54) is 12.3 Å². The van der Waals surface area contributed by atoms with Crippen molar-refractivity contribution < 1.29 is 17.5 Å². The van der Waals surface area contributed by atoms with Crippen molar-refractivity contribution in [3.05, 3.63) is 75.7 Å². The molecule has 1 aromatic carbocycles. The lowest BCUT2D eigenvalue weighted by Gasteiger charge is -2.24. The van der Waals surface area contributed by atoms with Gasteiger partial charge in [-0.25, -0.2) is 12.8 Å². The number of nitrogens with one attached hydrogen (secondary N) is 2. The summed E-state index contributed by atoms with van der Waals surface area (Å²) >= 11 is 0. The van der Waals surface area contributed by atoms with E-state index >= 15 is 0 Å². The molecular weight excluding hydrogens is 445 g/mol. The van der Waals surface area contributed by atoms with Gasteiger partial charge in [0.2, 0.25) is 10.0 Å². The molecule has 0 atom stereocenters. The molecule has 9 heteroatoms. The number of aromatic amines is 1. The third-order valence-corrected chi connectivity index (χ3v) is 5.44. The van der Waals surface area contributed by atoms with Crippen molar-refractivity contribution in [2.45, 2.75) is 26.2 Å². The highest BCUT2D eigenvalue weighted by Crippen LogP contribution is 2.38. The molecule has 3 rings (SSSR count). The molecule has 0 aliphatic carbocycles. The van der Waals surface area contributed by atoms with Crippen LogP contribution in [0, 0.1) is 5.82 Å². The molecule has 0 aliphatic rings. The summed E-state index contributed by atoms with van der Waals surface area (Å²) in [6, 6.07) is 8.07. The van der Waals surface area contributed by atoms with Gasteiger partial charge in [0, 0.05) is 22.9 Å². The Balaban J connectivity index is 2.10. The van der Waals surface area contributed by atoms with Gasteiger partial charge in [-0.15, -0.1) is 0 Å². The smallest absolute Gasteiger partial charge is 0.256 e. The van der Waals surface area contributed by atoms with Crippen LogP contribution in [-0.4, -0.2) is 31.8 Å². The van der Waals surface area contributed by atoms with Crippen molar-refractivity contribution in [3.8, 4) is 16.9 Å². The number of aromatic nitrogens is 2. The van der Waals surface area contributed by atoms with Gasteiger partial charge in [-0.3, -0.25) is 14.5 Å². The highest BCUT2D eigenvalue weighted by Gasteiger charge is 2.23. The Morgan fingerprint density at radius 2 is 1.88 bits per heavy atom. The number of methoxy groups -OCH3 is 1. The molecule has 0 spiro atoms. The molecule has 0 unspecified atom stereocenters. The van der Waals surface area contributed by atoms with Crippen LogP contribution < -0.4 is 15.0 Å². The van der Waals surface area contributed by atoms with Gasteiger partial charge in [-0.1, -0.05) is 20.8 Å². The lowest BCUT2D eigenvalue weighted by molar-refractivity contribution is 0.397. The van der Waals surface area contributed by atoms with E-state index in [4.69, 9.17) is 4.74 Å². The molecule has 0 saturated carbocycles. The second-order valence-electron chi connectivity index (χ2n) is 8.64. The predicted octanol–water partition coefficient (Wildman–Crippen LogP) is 4.42. The van der Waals surface area contributed by atoms with Gasteiger partial charge in [0.15, 0.2) is 0 Å². The molecule has 33 heavy (non-hydrogen) atoms. The van der Waals surface area contributed by atoms with Gasteiger partial charge in [0.1, 0.15) is 11.6 Å². The Hall–Kier alpha value is -3.46. The fourth-order valence-corrected chi connectivity index (χ4v) is 3.89. The lowest BCUT2D eigenvalue weighted by atomic mass is 9.83. The molecule has 2 aromatic heterocycles. The third-order valence-electron chi connectivity index (χ3n) is 4.83. The Kier molecular flexibility index (Phi) is 6.73. The molecule has 3 aromatic rings. The van der Waals surface area contributed by atoms with E-state index in [0.717, 1.165) is 18.0 Å². The van der Waals surface area contributed by atoms with Crippen LogP contribution in [0.15, 0.2) is 47.5 Å². The third kappa shape index (κ3) is 6.07. The lowest BCUT2D eigenvalue weighted by Crippen LogP contribution is -2.15. The number of ether oxygens (including phenoxy) is 1. The molecule has 2 heterocycles. The first-order valence-electron chi connectivity index (χ1n) is 10.1. The van der Waals surface area contributed by atoms with E-state index in [0.29, 0.717) is 28.3 Å². The number of pyridine rings is 2. The number of sulfonamides is 1. The average molecular weight is 472 g/mol. The van der Waals surface area contributed by atoms with Gasteiger partial charge in [0.05, 0.1) is 30.9 Å². The van der Waals surface area contributed by atoms with Gasteiger partial charge in [0.25, 0.3) is 5.56 Å². The van der Waals surface area contributed by atoms with Crippen molar-refractivity contribution in [2.75, 3.05) is 18.1 Å². The van der Waals surface area contributed by atoms with Crippen LogP contribution in [0.4, 0.5) is 10.1 Å². The zero-order valence-corrected chi connectivity index (χ0v) is 19.9. The fraction of sp³-hybridized carbons (Fsp3) is 0.250. The Bertz CT molecular complexity index is 1360. The summed E-state index contributed by atoms with van der Waals surface area (Å²) in [4.78, 5) is 19.0. The summed E-state index contributed by atoms with van der Waals surface area (Å²) in [5, 5.41) is 0. The molecule has 174 valence electrons. The number of H-pyrrole nitrogens is 1. The molecule has 0 aliphatic heterocycles. The number of benzene rings is 1. The first-order chi connectivity index (χ1) is 15.4. The van der Waals surface area contributed by atoms with Crippen molar-refractivity contribution in [1.29, 1.82) is 0 Å². The molecule has 0 fully saturated rings. The number of halogens is 1. The van der Waals surface area contributed by atoms with Crippen molar-refractivity contribution in [3.63, 3.8) is 0 Å². The highest BCUT2D eigenvalue weighted by atomic mass is 32.2. The molecule has 0 saturated heterocycles. The number of rotatable bonds is 6. The summed E-state index contributed by atoms with van der Waals surface area (Å²) in [5.41, 5.74) is 2.54. The summed E-state index contributed by atoms with van der Waals surface area (Å²) < 4.78 is 44.6. The van der Waals surface area contributed by atoms with E-state index in [9.17, 15) is 17.6 Å². The van der Waals surface area contributed by atoms with Gasteiger partial charge in [-0.2, -0.15) is 0 Å². The standard InChI is InChI=1S/C24H26FN3O4S/c1-24(2,3)21-11-16(20-12-17(25)13-27-23(20)29)10-15(22(21)32-4)6-7-18-8-9-19(14-26-18)28-33(5,30)31/h6-14,28H,1-5H3,(H,27,29). The molecule has 7 nitrogen and oxygen atoms in total. The van der Waals surface area contributed by atoms with Crippen LogP contribution in [-0.2, 0) is 15.4 Å². The Morgan fingerprint density at radius 3 is 2.45 bits per heavy atom. The zero-order valence-electron chi connectivity index (χ0n) is 19.1. The number of anilines is 1. The summed E-state index contributed by atoms with van der Waals surface area (Å²) in [6.45, 7) is 6.06. The van der Waals surface area contributed by atoms with Crippen molar-refractivity contribution in [2.24, 2.45) is 0 Å². The van der Waals surface area contributed by atoms with Crippen LogP contribution in [0.2, 0.25) is 0 Å². The summed E-state index contributed by atoms with van der Waals surface area (Å²) in [7, 11) is -1.82. The first-order valence-corrected chi connectivity index (χ1v) is 12.0. The van der Waals surface area contributed by atoms with Crippen LogP contribution in [0.3, 0.4) is 0 Å². The summed E-state index contributed by atoms with van der Waals surface area (Å²) in [6.07, 6.45) is 7.04. The van der Waals surface area contributed by atoms with E-state index in [1.807, 2.05) is 26.8 Å². The maximum absolute atomic E-state index is 13.9. The molecule has 0 amide bonds. The minimum atomic E-state index is -3.39. The van der Waals surface area contributed by atoms with E-state index in [2.05, 4.69) is 14.7 Å². The van der Waals surface area contributed by atoms with Gasteiger partial charge >= 0.3 is 0 Å². The SMILES string of the molecule is COc1c(C=Cc2ccc(NS(C)(=O)=O)cn2)cc(-c2cc(F)c[nH]c2=O)cc1C(C)(C)C. The normalized spacial score (nSPS) is 12.2. The van der Waals surface area contributed by atoms with Crippen LogP contribution in [0.5, 0.6) is 5.75 Å². The van der Waals surface area contributed by atoms with Crippen LogP contribution >= 0.6 is 0 Å². The maximum Gasteiger partial charge on any atom is 0.256 e. The van der Waals surface area contributed by atoms with Gasteiger partial charge in [-0.05, 0) is 53.5 Å². The molecule has 0 bridgehead atoms. The Morgan fingerprint density at radius 1 is 1.15 bits per heavy atom. The molecular formula is C24H26FN3O4S. The second kappa shape index (κ2) is 9.19. The van der Waals surface area contributed by atoms with Crippen LogP contribution in [0.25, 0.3) is 23.3 Å². The largest absolute Gasteiger partial charge is 0.496 e. The van der Waals surface area contributed by atoms with Gasteiger partial charge < -0.3 is 9.72 Å². The Labute approximate surface area is 192 Å². The van der Waals surface area contributed by atoms with Crippen molar-refractivity contribution in [1.82, 2.24) is 9.97 Å². The van der Waals surface area contributed by atoms with E-state index in [-0.39, 0.29) is 11.0 Å². The monoisotopic (exact) mass is 471 g/mol. The number of hydrogen-bond acceptors (Lipinski definition) is 5. The zero-order chi connectivity index (χ0) is 24.4. The maximum atomic E-state index is 13.9. The predicted molar refractivity (Wildman–Crippen MR) is 129 cm³/mol. The second-order valence-corrected chi connectivity index (χ2v) is 10.4. The average Bonchev–Trinajstić information content (AvgIpc) is 2.72. The number of nitrogens with zero attached hydrogens (tertiary/aromatic N) is 1. The minimum absolute atomic E-state index is 0.215. The quantitative estimate of drug-likeness (QED) is 0.554. The highest BCUT2D eigenvalue weighted by molar-refractivity contribution is 7.92. The summed E-state index contributed by atoms with van der Waals surface area (Å²) in [5.74, 6) is 0.0903. The molecule has 2 N–H and O–H groups in total. The van der Waals surface area contributed by atoms with E-state index < -0.39 is 21.4 Å². The minimum Gasteiger partial charge on any atom is -0.496 e. The van der Waals surface area contributed by atoms with Crippen LogP contribution in [0.1, 0.15) is 37.6 Å². The first kappa shape index (κ1) is 24.2. The fourth-order valence-electron chi connectivity index (χ4n) is 3.34. The van der Waals surface area contributed by atoms with Crippen molar-refractivity contribution >= 4 is 27.9 Å². The van der Waals surface area contributed by atoms with E-state index in [1.54, 1.807) is 37.5 Å². The number of hydrogen-bond donors (Lipinski definition) is 2.